The van der Waals surface area contributed by atoms with E-state index in [9.17, 15) is 9.90 Å². The molecule has 0 spiro atoms. The smallest absolute Gasteiger partial charge is 0.222 e. The first-order valence-electron chi connectivity index (χ1n) is 8.48. The molecule has 22 heavy (non-hydrogen) atoms. The van der Waals surface area contributed by atoms with Crippen LogP contribution in [0, 0.1) is 0 Å². The number of amides is 1. The second-order valence-corrected chi connectivity index (χ2v) is 6.47. The average Bonchev–Trinajstić information content (AvgIpc) is 3.00. The normalized spacial score (nSPS) is 26.3. The lowest BCUT2D eigenvalue weighted by Gasteiger charge is -2.39. The van der Waals surface area contributed by atoms with Crippen LogP contribution < -0.4 is 0 Å². The van der Waals surface area contributed by atoms with Crippen LogP contribution in [0.1, 0.15) is 31.2 Å². The Morgan fingerprint density at radius 2 is 1.82 bits per heavy atom. The van der Waals surface area contributed by atoms with E-state index in [0.717, 1.165) is 51.9 Å². The minimum atomic E-state index is -0.166. The molecule has 1 saturated heterocycles. The Kier molecular flexibility index (Phi) is 5.11. The number of hydrogen-bond acceptors (Lipinski definition) is 3. The minimum Gasteiger partial charge on any atom is -0.391 e. The van der Waals surface area contributed by atoms with Gasteiger partial charge in [0.25, 0.3) is 0 Å². The van der Waals surface area contributed by atoms with E-state index in [1.54, 1.807) is 0 Å². The molecule has 0 radical (unpaired) electrons. The number of benzene rings is 1. The van der Waals surface area contributed by atoms with Crippen molar-refractivity contribution in [2.24, 2.45) is 0 Å². The number of hydrogen-bond donors (Lipinski definition) is 1. The molecule has 0 unspecified atom stereocenters. The van der Waals surface area contributed by atoms with Crippen molar-refractivity contribution in [1.29, 1.82) is 0 Å². The first kappa shape index (κ1) is 15.5. The monoisotopic (exact) mass is 302 g/mol. The summed E-state index contributed by atoms with van der Waals surface area (Å²) >= 11 is 0. The molecule has 4 heteroatoms. The molecule has 3 rings (SSSR count). The molecule has 1 aliphatic heterocycles. The molecule has 1 aromatic rings. The molecule has 1 N–H and O–H groups in total. The molecule has 0 aromatic heterocycles. The lowest BCUT2D eigenvalue weighted by atomic mass is 10.1. The molecule has 1 aromatic carbocycles. The summed E-state index contributed by atoms with van der Waals surface area (Å²) in [6, 6.07) is 10.5. The topological polar surface area (TPSA) is 43.8 Å². The third-order valence-corrected chi connectivity index (χ3v) is 5.05. The van der Waals surface area contributed by atoms with Gasteiger partial charge in [-0.25, -0.2) is 0 Å². The predicted octanol–water partition coefficient (Wildman–Crippen LogP) is 1.68. The zero-order valence-electron chi connectivity index (χ0n) is 13.2. The van der Waals surface area contributed by atoms with Gasteiger partial charge in [-0.05, 0) is 31.2 Å². The van der Waals surface area contributed by atoms with Gasteiger partial charge in [-0.3, -0.25) is 9.69 Å². The Morgan fingerprint density at radius 3 is 2.45 bits per heavy atom. The molecule has 0 bridgehead atoms. The van der Waals surface area contributed by atoms with E-state index < -0.39 is 0 Å². The van der Waals surface area contributed by atoms with Gasteiger partial charge in [-0.2, -0.15) is 0 Å². The van der Waals surface area contributed by atoms with Gasteiger partial charge in [0.15, 0.2) is 0 Å². The Balaban J connectivity index is 1.44. The lowest BCUT2D eigenvalue weighted by Crippen LogP contribution is -2.53. The summed E-state index contributed by atoms with van der Waals surface area (Å²) in [4.78, 5) is 16.7. The summed E-state index contributed by atoms with van der Waals surface area (Å²) < 4.78 is 0. The largest absolute Gasteiger partial charge is 0.391 e. The van der Waals surface area contributed by atoms with Crippen molar-refractivity contribution >= 4 is 5.91 Å². The second kappa shape index (κ2) is 7.25. The van der Waals surface area contributed by atoms with Crippen LogP contribution in [0.15, 0.2) is 30.3 Å². The molecule has 1 aliphatic carbocycles. The summed E-state index contributed by atoms with van der Waals surface area (Å²) in [7, 11) is 0. The first-order valence-corrected chi connectivity index (χ1v) is 8.48. The number of piperazine rings is 1. The van der Waals surface area contributed by atoms with Gasteiger partial charge in [-0.1, -0.05) is 30.3 Å². The van der Waals surface area contributed by atoms with Gasteiger partial charge in [0.2, 0.25) is 5.91 Å². The quantitative estimate of drug-likeness (QED) is 0.920. The number of aryl methyl sites for hydroxylation is 1. The van der Waals surface area contributed by atoms with E-state index >= 15 is 0 Å². The maximum absolute atomic E-state index is 12.3. The molecule has 4 nitrogen and oxygen atoms in total. The van der Waals surface area contributed by atoms with Crippen molar-refractivity contribution in [3.05, 3.63) is 35.9 Å². The predicted molar refractivity (Wildman–Crippen MR) is 86.6 cm³/mol. The highest BCUT2D eigenvalue weighted by Crippen LogP contribution is 2.25. The maximum atomic E-state index is 12.3. The molecular formula is C18H26N2O2. The van der Waals surface area contributed by atoms with Gasteiger partial charge in [0.1, 0.15) is 0 Å². The minimum absolute atomic E-state index is 0.166. The van der Waals surface area contributed by atoms with Crippen molar-refractivity contribution in [1.82, 2.24) is 9.80 Å². The lowest BCUT2D eigenvalue weighted by molar-refractivity contribution is -0.133. The molecule has 2 aliphatic rings. The summed E-state index contributed by atoms with van der Waals surface area (Å²) in [6.45, 7) is 3.41. The van der Waals surface area contributed by atoms with Crippen molar-refractivity contribution < 1.29 is 9.90 Å². The van der Waals surface area contributed by atoms with Gasteiger partial charge < -0.3 is 10.0 Å². The molecule has 1 amide bonds. The highest BCUT2D eigenvalue weighted by atomic mass is 16.3. The third-order valence-electron chi connectivity index (χ3n) is 5.05. The standard InChI is InChI=1S/C18H26N2O2/c21-17-8-4-7-16(17)19-11-13-20(14-12-19)18(22)10-9-15-5-2-1-3-6-15/h1-3,5-6,16-17,21H,4,7-14H2/t16-,17+/m0/s1. The number of nitrogens with zero attached hydrogens (tertiary/aromatic N) is 2. The van der Waals surface area contributed by atoms with Crippen LogP contribution in [0.5, 0.6) is 0 Å². The van der Waals surface area contributed by atoms with Crippen LogP contribution in [0.4, 0.5) is 0 Å². The molecule has 2 fully saturated rings. The van der Waals surface area contributed by atoms with E-state index in [1.807, 2.05) is 23.1 Å². The third kappa shape index (κ3) is 3.68. The van der Waals surface area contributed by atoms with Crippen LogP contribution >= 0.6 is 0 Å². The average molecular weight is 302 g/mol. The zero-order chi connectivity index (χ0) is 15.4. The van der Waals surface area contributed by atoms with Crippen molar-refractivity contribution in [2.75, 3.05) is 26.2 Å². The summed E-state index contributed by atoms with van der Waals surface area (Å²) in [5.41, 5.74) is 1.23. The van der Waals surface area contributed by atoms with Gasteiger partial charge in [0.05, 0.1) is 6.10 Å². The summed E-state index contributed by atoms with van der Waals surface area (Å²) in [5.74, 6) is 0.260. The van der Waals surface area contributed by atoms with Crippen LogP contribution in [0.25, 0.3) is 0 Å². The van der Waals surface area contributed by atoms with E-state index in [1.165, 1.54) is 5.56 Å². The number of rotatable bonds is 4. The molecule has 1 heterocycles. The van der Waals surface area contributed by atoms with Crippen molar-refractivity contribution in [2.45, 2.75) is 44.2 Å². The first-order chi connectivity index (χ1) is 10.7. The van der Waals surface area contributed by atoms with Gasteiger partial charge in [0, 0.05) is 38.6 Å². The van der Waals surface area contributed by atoms with Gasteiger partial charge in [-0.15, -0.1) is 0 Å². The fraction of sp³-hybridized carbons (Fsp3) is 0.611. The fourth-order valence-electron chi connectivity index (χ4n) is 3.70. The highest BCUT2D eigenvalue weighted by Gasteiger charge is 2.33. The van der Waals surface area contributed by atoms with Crippen LogP contribution in [-0.4, -0.2) is 59.1 Å². The van der Waals surface area contributed by atoms with Crippen LogP contribution in [0.2, 0.25) is 0 Å². The molecular weight excluding hydrogens is 276 g/mol. The van der Waals surface area contributed by atoms with Crippen molar-refractivity contribution in [3.8, 4) is 0 Å². The number of carbonyl (C=O) groups excluding carboxylic acids is 1. The molecule has 1 saturated carbocycles. The Morgan fingerprint density at radius 1 is 1.09 bits per heavy atom. The molecule has 2 atom stereocenters. The van der Waals surface area contributed by atoms with Crippen LogP contribution in [-0.2, 0) is 11.2 Å². The molecule has 120 valence electrons. The van der Waals surface area contributed by atoms with E-state index in [-0.39, 0.29) is 12.0 Å². The highest BCUT2D eigenvalue weighted by molar-refractivity contribution is 5.76. The van der Waals surface area contributed by atoms with Crippen molar-refractivity contribution in [3.63, 3.8) is 0 Å². The van der Waals surface area contributed by atoms with Crippen LogP contribution in [0.3, 0.4) is 0 Å². The van der Waals surface area contributed by atoms with E-state index in [2.05, 4.69) is 17.0 Å². The Bertz CT molecular complexity index is 483. The Labute approximate surface area is 132 Å². The summed E-state index contributed by atoms with van der Waals surface area (Å²) in [6.07, 6.45) is 4.41. The fourth-order valence-corrected chi connectivity index (χ4v) is 3.70. The number of carbonyl (C=O) groups is 1. The maximum Gasteiger partial charge on any atom is 0.222 e. The Hall–Kier alpha value is -1.39. The SMILES string of the molecule is O=C(CCc1ccccc1)N1CCN([C@H]2CCC[C@H]2O)CC1. The number of aliphatic hydroxyl groups excluding tert-OH is 1. The second-order valence-electron chi connectivity index (χ2n) is 6.47. The van der Waals surface area contributed by atoms with E-state index in [0.29, 0.717) is 12.5 Å². The van der Waals surface area contributed by atoms with Gasteiger partial charge >= 0.3 is 0 Å². The van der Waals surface area contributed by atoms with E-state index in [4.69, 9.17) is 0 Å². The summed E-state index contributed by atoms with van der Waals surface area (Å²) in [5, 5.41) is 10.0. The number of aliphatic hydroxyl groups is 1. The zero-order valence-corrected chi connectivity index (χ0v) is 13.2.